The highest BCUT2D eigenvalue weighted by atomic mass is 16.6. The molecule has 15 heteroatoms. The van der Waals surface area contributed by atoms with Crippen LogP contribution in [0.25, 0.3) is 0 Å². The second-order valence-electron chi connectivity index (χ2n) is 13.6. The van der Waals surface area contributed by atoms with E-state index in [-0.39, 0.29) is 6.61 Å². The van der Waals surface area contributed by atoms with Crippen molar-refractivity contribution in [3.8, 4) is 0 Å². The van der Waals surface area contributed by atoms with E-state index in [4.69, 9.17) is 61.6 Å². The number of carbonyl (C=O) groups is 1. The van der Waals surface area contributed by atoms with Crippen LogP contribution in [0.1, 0.15) is 96.8 Å². The van der Waals surface area contributed by atoms with Crippen molar-refractivity contribution in [2.75, 3.05) is 179 Å². The highest BCUT2D eigenvalue weighted by Crippen LogP contribution is 2.13. The van der Waals surface area contributed by atoms with Crippen LogP contribution in [0.4, 0.5) is 0 Å². The molecule has 0 atom stereocenters. The monoisotopic (exact) mass is 843 g/mol. The largest absolute Gasteiger partial charge is 0.467 e. The molecule has 0 amide bonds. The summed E-state index contributed by atoms with van der Waals surface area (Å²) >= 11 is 0. The molecule has 0 saturated carbocycles. The van der Waals surface area contributed by atoms with Gasteiger partial charge in [-0.3, -0.25) is 0 Å². The summed E-state index contributed by atoms with van der Waals surface area (Å²) in [5.41, 5.74) is 0. The lowest BCUT2D eigenvalue weighted by molar-refractivity contribution is -0.146. The Balaban J connectivity index is 3.06. The summed E-state index contributed by atoms with van der Waals surface area (Å²) in [4.78, 5) is 10.9. The standard InChI is InChI=1S/C43H86O15/c1-3-4-5-6-7-8-9-10-11-12-13-14-15-16-17-46-18-19-47-20-21-48-22-23-49-24-25-50-26-27-51-28-29-52-30-31-53-32-33-54-34-35-55-36-37-56-38-39-57-40-41-58-42-43(44)45-2/h3-42H2,1-2H3. The summed E-state index contributed by atoms with van der Waals surface area (Å²) in [6.45, 7) is 15.1. The molecule has 0 aromatic carbocycles. The third kappa shape index (κ3) is 53.0. The lowest BCUT2D eigenvalue weighted by atomic mass is 10.0. The average molecular weight is 843 g/mol. The number of unbranched alkanes of at least 4 members (excludes halogenated alkanes) is 13. The molecule has 0 aromatic heterocycles. The van der Waals surface area contributed by atoms with Gasteiger partial charge in [-0.25, -0.2) is 4.79 Å². The number of methoxy groups -OCH3 is 1. The van der Waals surface area contributed by atoms with Crippen LogP contribution >= 0.6 is 0 Å². The molecule has 0 heterocycles. The highest BCUT2D eigenvalue weighted by molar-refractivity contribution is 5.70. The third-order valence-corrected chi connectivity index (χ3v) is 8.55. The number of hydrogen-bond acceptors (Lipinski definition) is 15. The molecule has 0 aliphatic rings. The molecule has 58 heavy (non-hydrogen) atoms. The quantitative estimate of drug-likeness (QED) is 0.0532. The fourth-order valence-electron chi connectivity index (χ4n) is 5.25. The minimum absolute atomic E-state index is 0.0704. The van der Waals surface area contributed by atoms with Crippen LogP contribution in [0.3, 0.4) is 0 Å². The van der Waals surface area contributed by atoms with Crippen molar-refractivity contribution >= 4 is 5.97 Å². The van der Waals surface area contributed by atoms with Crippen LogP contribution in [-0.2, 0) is 71.1 Å². The Morgan fingerprint density at radius 3 is 0.672 bits per heavy atom. The van der Waals surface area contributed by atoms with Crippen molar-refractivity contribution in [1.82, 2.24) is 0 Å². The van der Waals surface area contributed by atoms with Gasteiger partial charge in [0.2, 0.25) is 0 Å². The van der Waals surface area contributed by atoms with Crippen molar-refractivity contribution in [2.24, 2.45) is 0 Å². The maximum absolute atomic E-state index is 10.9. The SMILES string of the molecule is CCCCCCCCCCCCCCCCOCCOCCOCCOCCOCCOCCOCCOCCOCCOCCOCCOCCOCC(=O)OC. The Kier molecular flexibility index (Phi) is 53.0. The van der Waals surface area contributed by atoms with Crippen molar-refractivity contribution < 1.29 is 71.1 Å². The Morgan fingerprint density at radius 2 is 0.448 bits per heavy atom. The molecule has 0 aliphatic heterocycles. The topological polar surface area (TPSA) is 146 Å². The summed E-state index contributed by atoms with van der Waals surface area (Å²) in [6.07, 6.45) is 19.2. The molecule has 348 valence electrons. The number of carbonyl (C=O) groups excluding carboxylic acids is 1. The van der Waals surface area contributed by atoms with Crippen LogP contribution < -0.4 is 0 Å². The number of hydrogen-bond donors (Lipinski definition) is 0. The zero-order chi connectivity index (χ0) is 41.8. The van der Waals surface area contributed by atoms with E-state index in [1.165, 1.54) is 90.6 Å². The first-order valence-electron chi connectivity index (χ1n) is 22.4. The van der Waals surface area contributed by atoms with Crippen LogP contribution in [0.5, 0.6) is 0 Å². The molecule has 0 aromatic rings. The van der Waals surface area contributed by atoms with Crippen molar-refractivity contribution in [1.29, 1.82) is 0 Å². The van der Waals surface area contributed by atoms with Crippen molar-refractivity contribution in [3.05, 3.63) is 0 Å². The Bertz CT molecular complexity index is 753. The van der Waals surface area contributed by atoms with Gasteiger partial charge in [0.25, 0.3) is 0 Å². The number of esters is 1. The summed E-state index contributed by atoms with van der Waals surface area (Å²) < 4.78 is 75.6. The van der Waals surface area contributed by atoms with E-state index in [0.717, 1.165) is 13.0 Å². The van der Waals surface area contributed by atoms with E-state index in [9.17, 15) is 4.79 Å². The van der Waals surface area contributed by atoms with Gasteiger partial charge in [-0.1, -0.05) is 90.4 Å². The summed E-state index contributed by atoms with van der Waals surface area (Å²) in [5.74, 6) is -0.407. The lowest BCUT2D eigenvalue weighted by Crippen LogP contribution is -2.16. The van der Waals surface area contributed by atoms with Gasteiger partial charge in [0.1, 0.15) is 6.61 Å². The van der Waals surface area contributed by atoms with E-state index < -0.39 is 5.97 Å². The molecule has 0 unspecified atom stereocenters. The third-order valence-electron chi connectivity index (χ3n) is 8.55. The van der Waals surface area contributed by atoms with Gasteiger partial charge in [0.15, 0.2) is 0 Å². The second-order valence-corrected chi connectivity index (χ2v) is 13.6. The van der Waals surface area contributed by atoms with Crippen LogP contribution in [-0.4, -0.2) is 185 Å². The maximum atomic E-state index is 10.9. The predicted octanol–water partition coefficient (Wildman–Crippen LogP) is 5.86. The molecule has 0 saturated heterocycles. The fraction of sp³-hybridized carbons (Fsp3) is 0.977. The van der Waals surface area contributed by atoms with E-state index in [0.29, 0.717) is 159 Å². The van der Waals surface area contributed by atoms with Crippen molar-refractivity contribution in [3.63, 3.8) is 0 Å². The number of rotatable bonds is 53. The van der Waals surface area contributed by atoms with E-state index >= 15 is 0 Å². The molecular weight excluding hydrogens is 756 g/mol. The first kappa shape index (κ1) is 57.0. The van der Waals surface area contributed by atoms with Gasteiger partial charge >= 0.3 is 5.97 Å². The van der Waals surface area contributed by atoms with Gasteiger partial charge in [-0.05, 0) is 6.42 Å². The Labute approximate surface area is 352 Å². The summed E-state index contributed by atoms with van der Waals surface area (Å²) in [7, 11) is 1.32. The molecule has 0 spiro atoms. The maximum Gasteiger partial charge on any atom is 0.331 e. The van der Waals surface area contributed by atoms with Gasteiger partial charge in [-0.2, -0.15) is 0 Å². The zero-order valence-electron chi connectivity index (χ0n) is 36.9. The Morgan fingerprint density at radius 1 is 0.259 bits per heavy atom. The molecule has 0 radical (unpaired) electrons. The molecule has 15 nitrogen and oxygen atoms in total. The summed E-state index contributed by atoms with van der Waals surface area (Å²) in [5, 5.41) is 0. The fourth-order valence-corrected chi connectivity index (χ4v) is 5.25. The minimum Gasteiger partial charge on any atom is -0.467 e. The molecule has 0 rings (SSSR count). The zero-order valence-corrected chi connectivity index (χ0v) is 36.9. The van der Waals surface area contributed by atoms with Crippen LogP contribution in [0.15, 0.2) is 0 Å². The normalized spacial score (nSPS) is 11.6. The van der Waals surface area contributed by atoms with Gasteiger partial charge in [0.05, 0.1) is 166 Å². The molecule has 0 N–H and O–H groups in total. The molecule has 0 aliphatic carbocycles. The first-order valence-corrected chi connectivity index (χ1v) is 22.4. The summed E-state index contributed by atoms with van der Waals surface area (Å²) in [6, 6.07) is 0. The number of ether oxygens (including phenoxy) is 14. The van der Waals surface area contributed by atoms with Crippen LogP contribution in [0, 0.1) is 0 Å². The lowest BCUT2D eigenvalue weighted by Gasteiger charge is -2.09. The van der Waals surface area contributed by atoms with E-state index in [1.54, 1.807) is 0 Å². The Hall–Kier alpha value is -1.05. The second kappa shape index (κ2) is 54.0. The van der Waals surface area contributed by atoms with Crippen molar-refractivity contribution in [2.45, 2.75) is 96.8 Å². The average Bonchev–Trinajstić information content (AvgIpc) is 3.24. The minimum atomic E-state index is -0.407. The first-order chi connectivity index (χ1) is 28.8. The molecule has 0 bridgehead atoms. The smallest absolute Gasteiger partial charge is 0.331 e. The predicted molar refractivity (Wildman–Crippen MR) is 223 cm³/mol. The van der Waals surface area contributed by atoms with Gasteiger partial charge < -0.3 is 66.3 Å². The molecular formula is C43H86O15. The van der Waals surface area contributed by atoms with Gasteiger partial charge in [-0.15, -0.1) is 0 Å². The van der Waals surface area contributed by atoms with E-state index in [1.807, 2.05) is 0 Å². The highest BCUT2D eigenvalue weighted by Gasteiger charge is 2.00. The van der Waals surface area contributed by atoms with Crippen LogP contribution in [0.2, 0.25) is 0 Å². The molecule has 0 fully saturated rings. The van der Waals surface area contributed by atoms with E-state index in [2.05, 4.69) is 11.7 Å². The van der Waals surface area contributed by atoms with Gasteiger partial charge in [0, 0.05) is 6.61 Å².